The SMILES string of the molecule is O[C@H](CN(Cc1cccc(OC(F)(F)C(F)F)c1)c1cccc(Oc2ccnc(C(F)(F)F)c2)c1)C(F)(F)F. The summed E-state index contributed by atoms with van der Waals surface area (Å²) in [4.78, 5) is 4.17. The number of nitrogens with zero attached hydrogens (tertiary/aromatic N) is 2. The third-order valence-corrected chi connectivity index (χ3v) is 4.99. The van der Waals surface area contributed by atoms with Crippen LogP contribution in [0.25, 0.3) is 0 Å². The molecule has 0 aliphatic rings. The van der Waals surface area contributed by atoms with Gasteiger partial charge in [0.25, 0.3) is 0 Å². The zero-order valence-corrected chi connectivity index (χ0v) is 19.4. The first-order valence-corrected chi connectivity index (χ1v) is 10.8. The maximum Gasteiger partial charge on any atom is 0.461 e. The van der Waals surface area contributed by atoms with Gasteiger partial charge < -0.3 is 19.5 Å². The van der Waals surface area contributed by atoms with Gasteiger partial charge in [-0.05, 0) is 35.9 Å². The molecule has 0 unspecified atom stereocenters. The number of ether oxygens (including phenoxy) is 2. The van der Waals surface area contributed by atoms with E-state index >= 15 is 0 Å². The van der Waals surface area contributed by atoms with Gasteiger partial charge >= 0.3 is 24.9 Å². The Morgan fingerprint density at radius 2 is 1.46 bits per heavy atom. The van der Waals surface area contributed by atoms with E-state index < -0.39 is 55.5 Å². The first kappa shape index (κ1) is 29.8. The van der Waals surface area contributed by atoms with Crippen LogP contribution in [-0.2, 0) is 12.7 Å². The van der Waals surface area contributed by atoms with Crippen molar-refractivity contribution in [2.24, 2.45) is 0 Å². The monoisotopic (exact) mass is 572 g/mol. The van der Waals surface area contributed by atoms with E-state index in [1.165, 1.54) is 30.3 Å². The Morgan fingerprint density at radius 3 is 2.10 bits per heavy atom. The number of alkyl halides is 10. The van der Waals surface area contributed by atoms with Gasteiger partial charge in [-0.2, -0.15) is 43.9 Å². The molecule has 3 rings (SSSR count). The molecule has 1 heterocycles. The highest BCUT2D eigenvalue weighted by atomic mass is 19.4. The van der Waals surface area contributed by atoms with Crippen LogP contribution < -0.4 is 14.4 Å². The number of aliphatic hydroxyl groups excluding tert-OH is 1. The molecule has 1 aromatic heterocycles. The molecule has 0 amide bonds. The molecule has 1 atom stereocenters. The van der Waals surface area contributed by atoms with Crippen LogP contribution >= 0.6 is 0 Å². The highest BCUT2D eigenvalue weighted by molar-refractivity contribution is 5.52. The molecule has 0 saturated heterocycles. The van der Waals surface area contributed by atoms with Crippen molar-refractivity contribution in [2.45, 2.75) is 37.5 Å². The van der Waals surface area contributed by atoms with Gasteiger partial charge in [0.05, 0.1) is 6.54 Å². The molecule has 0 radical (unpaired) electrons. The molecule has 5 nitrogen and oxygen atoms in total. The fraction of sp³-hybridized carbons (Fsp3) is 0.292. The normalized spacial score (nSPS) is 13.3. The molecule has 0 spiro atoms. The second-order valence-corrected chi connectivity index (χ2v) is 8.02. The molecule has 15 heteroatoms. The molecule has 3 aromatic rings. The van der Waals surface area contributed by atoms with Crippen molar-refractivity contribution in [1.82, 2.24) is 4.98 Å². The molecule has 0 aliphatic heterocycles. The van der Waals surface area contributed by atoms with Crippen LogP contribution in [0.15, 0.2) is 66.9 Å². The van der Waals surface area contributed by atoms with Crippen molar-refractivity contribution in [1.29, 1.82) is 0 Å². The Kier molecular flexibility index (Phi) is 8.83. The lowest BCUT2D eigenvalue weighted by Crippen LogP contribution is -2.40. The van der Waals surface area contributed by atoms with Crippen LogP contribution in [-0.4, -0.2) is 41.4 Å². The lowest BCUT2D eigenvalue weighted by Gasteiger charge is -2.29. The van der Waals surface area contributed by atoms with Gasteiger partial charge in [-0.3, -0.25) is 4.98 Å². The summed E-state index contributed by atoms with van der Waals surface area (Å²) in [6.07, 6.45) is -20.8. The molecule has 0 fully saturated rings. The molecular formula is C24H18F10N2O3. The van der Waals surface area contributed by atoms with E-state index in [2.05, 4.69) is 9.72 Å². The first-order chi connectivity index (χ1) is 18.0. The molecule has 39 heavy (non-hydrogen) atoms. The minimum atomic E-state index is -5.04. The van der Waals surface area contributed by atoms with Crippen molar-refractivity contribution in [3.05, 3.63) is 78.1 Å². The van der Waals surface area contributed by atoms with E-state index in [0.29, 0.717) is 6.07 Å². The van der Waals surface area contributed by atoms with Crippen molar-refractivity contribution in [2.75, 3.05) is 11.4 Å². The smallest absolute Gasteiger partial charge is 0.457 e. The Morgan fingerprint density at radius 1 is 0.821 bits per heavy atom. The average molecular weight is 572 g/mol. The topological polar surface area (TPSA) is 54.8 Å². The van der Waals surface area contributed by atoms with Gasteiger partial charge in [0.15, 0.2) is 6.10 Å². The summed E-state index contributed by atoms with van der Waals surface area (Å²) in [6.45, 7) is -1.51. The summed E-state index contributed by atoms with van der Waals surface area (Å²) >= 11 is 0. The van der Waals surface area contributed by atoms with Crippen molar-refractivity contribution >= 4 is 5.69 Å². The minimum Gasteiger partial charge on any atom is -0.457 e. The van der Waals surface area contributed by atoms with Crippen LogP contribution in [0.1, 0.15) is 11.3 Å². The van der Waals surface area contributed by atoms with Gasteiger partial charge in [0.1, 0.15) is 22.9 Å². The van der Waals surface area contributed by atoms with Crippen LogP contribution in [0, 0.1) is 0 Å². The number of benzene rings is 2. The lowest BCUT2D eigenvalue weighted by molar-refractivity contribution is -0.253. The highest BCUT2D eigenvalue weighted by Crippen LogP contribution is 2.33. The van der Waals surface area contributed by atoms with Gasteiger partial charge in [-0.15, -0.1) is 0 Å². The van der Waals surface area contributed by atoms with E-state index in [9.17, 15) is 49.0 Å². The van der Waals surface area contributed by atoms with Crippen LogP contribution in [0.3, 0.4) is 0 Å². The van der Waals surface area contributed by atoms with E-state index in [1.807, 2.05) is 0 Å². The molecule has 0 saturated carbocycles. The second kappa shape index (κ2) is 11.6. The number of aliphatic hydroxyl groups is 1. The van der Waals surface area contributed by atoms with Gasteiger partial charge in [-0.25, -0.2) is 0 Å². The van der Waals surface area contributed by atoms with Gasteiger partial charge in [0.2, 0.25) is 0 Å². The Hall–Kier alpha value is -3.75. The lowest BCUT2D eigenvalue weighted by atomic mass is 10.1. The summed E-state index contributed by atoms with van der Waals surface area (Å²) < 4.78 is 139. The van der Waals surface area contributed by atoms with E-state index in [-0.39, 0.29) is 22.7 Å². The third-order valence-electron chi connectivity index (χ3n) is 4.99. The zero-order chi connectivity index (χ0) is 29.0. The predicted molar refractivity (Wildman–Crippen MR) is 117 cm³/mol. The summed E-state index contributed by atoms with van der Waals surface area (Å²) in [5, 5.41) is 9.66. The standard InChI is InChI=1S/C24H18F10N2O3/c25-21(26)24(33,34)39-18-6-1-3-14(9-18)12-36(13-20(37)23(30,31)32)15-4-2-5-16(10-15)38-17-7-8-35-19(11-17)22(27,28)29/h1-11,20-21,37H,12-13H2/t20-/m1/s1. The van der Waals surface area contributed by atoms with Gasteiger partial charge in [-0.1, -0.05) is 18.2 Å². The summed E-state index contributed by atoms with van der Waals surface area (Å²) in [5.41, 5.74) is -1.21. The average Bonchev–Trinajstić information content (AvgIpc) is 2.82. The Balaban J connectivity index is 1.90. The number of halogens is 10. The largest absolute Gasteiger partial charge is 0.461 e. The maximum atomic E-state index is 13.3. The van der Waals surface area contributed by atoms with Crippen molar-refractivity contribution in [3.8, 4) is 17.2 Å². The van der Waals surface area contributed by atoms with Crippen LogP contribution in [0.5, 0.6) is 17.2 Å². The van der Waals surface area contributed by atoms with Crippen molar-refractivity contribution < 1.29 is 58.5 Å². The quantitative estimate of drug-likeness (QED) is 0.264. The molecule has 0 aliphatic carbocycles. The van der Waals surface area contributed by atoms with Gasteiger partial charge in [0, 0.05) is 30.6 Å². The maximum absolute atomic E-state index is 13.3. The number of hydrogen-bond donors (Lipinski definition) is 1. The number of aromatic nitrogens is 1. The molecular weight excluding hydrogens is 554 g/mol. The van der Waals surface area contributed by atoms with E-state index in [4.69, 9.17) is 4.74 Å². The second-order valence-electron chi connectivity index (χ2n) is 8.02. The Labute approximate surface area is 214 Å². The van der Waals surface area contributed by atoms with E-state index in [1.54, 1.807) is 0 Å². The summed E-state index contributed by atoms with van der Waals surface area (Å²) in [5.74, 6) is -1.06. The number of pyridine rings is 1. The number of hydrogen-bond acceptors (Lipinski definition) is 5. The first-order valence-electron chi connectivity index (χ1n) is 10.8. The fourth-order valence-electron chi connectivity index (χ4n) is 3.21. The van der Waals surface area contributed by atoms with E-state index in [0.717, 1.165) is 35.4 Å². The predicted octanol–water partition coefficient (Wildman–Crippen LogP) is 7.06. The van der Waals surface area contributed by atoms with Crippen molar-refractivity contribution in [3.63, 3.8) is 0 Å². The summed E-state index contributed by atoms with van der Waals surface area (Å²) in [6, 6.07) is 11.1. The number of rotatable bonds is 10. The zero-order valence-electron chi connectivity index (χ0n) is 19.4. The third kappa shape index (κ3) is 8.37. The molecule has 2 aromatic carbocycles. The fourth-order valence-corrected chi connectivity index (χ4v) is 3.21. The van der Waals surface area contributed by atoms with Crippen LogP contribution in [0.4, 0.5) is 49.6 Å². The van der Waals surface area contributed by atoms with Crippen LogP contribution in [0.2, 0.25) is 0 Å². The number of anilines is 1. The Bertz CT molecular complexity index is 1250. The molecule has 212 valence electrons. The summed E-state index contributed by atoms with van der Waals surface area (Å²) in [7, 11) is 0. The highest BCUT2D eigenvalue weighted by Gasteiger charge is 2.44. The molecule has 1 N–H and O–H groups in total. The minimum absolute atomic E-state index is 0.00914. The molecule has 0 bridgehead atoms.